The van der Waals surface area contributed by atoms with Crippen LogP contribution in [0.4, 0.5) is 31.0 Å². The molecule has 1 aromatic heterocycles. The third-order valence-corrected chi connectivity index (χ3v) is 5.68. The third kappa shape index (κ3) is 3.75. The summed E-state index contributed by atoms with van der Waals surface area (Å²) >= 11 is 0. The Morgan fingerprint density at radius 3 is 2.74 bits per heavy atom. The summed E-state index contributed by atoms with van der Waals surface area (Å²) in [6.07, 6.45) is 3.51. The highest BCUT2D eigenvalue weighted by atomic mass is 19.1. The Kier molecular flexibility index (Phi) is 5.25. The van der Waals surface area contributed by atoms with E-state index in [0.29, 0.717) is 28.3 Å². The second kappa shape index (κ2) is 8.39. The lowest BCUT2D eigenvalue weighted by atomic mass is 10.1. The number of aromatic amines is 1. The van der Waals surface area contributed by atoms with Gasteiger partial charge in [0.15, 0.2) is 5.82 Å². The van der Waals surface area contributed by atoms with Crippen LogP contribution >= 0.6 is 0 Å². The van der Waals surface area contributed by atoms with Crippen molar-refractivity contribution < 1.29 is 23.5 Å². The number of urea groups is 2. The van der Waals surface area contributed by atoms with Crippen molar-refractivity contribution >= 4 is 46.7 Å². The molecule has 0 radical (unpaired) electrons. The monoisotopic (exact) mass is 461 g/mol. The Balaban J connectivity index is 1.31. The number of fused-ring (bicyclic) bond motifs is 1. The van der Waals surface area contributed by atoms with E-state index < -0.39 is 17.9 Å². The third-order valence-electron chi connectivity index (χ3n) is 5.68. The standard InChI is InChI=1S/C24H20FN5O4/c1-34-16-5-7-21(19(25)13-16)29-9-10-30(24(29)33)23(32)27-15-4-6-17-18(11-14-3-2-8-26-14)22(31)28-20(17)12-15/h2-8,11-13,26H,9-10H2,1H3,(H,27,32)(H,28,31). The summed E-state index contributed by atoms with van der Waals surface area (Å²) in [6, 6.07) is 11.6. The minimum absolute atomic E-state index is 0.0720. The number of hydrogen-bond donors (Lipinski definition) is 3. The summed E-state index contributed by atoms with van der Waals surface area (Å²) in [4.78, 5) is 43.2. The van der Waals surface area contributed by atoms with E-state index in [-0.39, 0.29) is 24.7 Å². The topological polar surface area (TPSA) is 107 Å². The van der Waals surface area contributed by atoms with Gasteiger partial charge >= 0.3 is 12.1 Å². The molecule has 1 saturated heterocycles. The molecule has 1 fully saturated rings. The summed E-state index contributed by atoms with van der Waals surface area (Å²) < 4.78 is 19.4. The smallest absolute Gasteiger partial charge is 0.332 e. The van der Waals surface area contributed by atoms with Crippen LogP contribution in [0.2, 0.25) is 0 Å². The zero-order chi connectivity index (χ0) is 23.8. The molecule has 34 heavy (non-hydrogen) atoms. The molecule has 9 nitrogen and oxygen atoms in total. The number of carbonyl (C=O) groups excluding carboxylic acids is 3. The zero-order valence-electron chi connectivity index (χ0n) is 18.1. The van der Waals surface area contributed by atoms with Gasteiger partial charge in [0.1, 0.15) is 5.75 Å². The predicted molar refractivity (Wildman–Crippen MR) is 125 cm³/mol. The molecule has 3 heterocycles. The van der Waals surface area contributed by atoms with Gasteiger partial charge in [-0.2, -0.15) is 0 Å². The SMILES string of the molecule is COc1ccc(N2CCN(C(=O)Nc3ccc4c(c3)NC(=O)C4=Cc3ccc[nH]3)C2=O)c(F)c1. The molecule has 5 amide bonds. The number of rotatable bonds is 4. The van der Waals surface area contributed by atoms with Gasteiger partial charge in [-0.05, 0) is 42.5 Å². The molecule has 0 bridgehead atoms. The summed E-state index contributed by atoms with van der Waals surface area (Å²) in [7, 11) is 1.42. The molecule has 0 aliphatic carbocycles. The number of hydrogen-bond acceptors (Lipinski definition) is 4. The molecule has 172 valence electrons. The number of methoxy groups -OCH3 is 1. The first-order valence-electron chi connectivity index (χ1n) is 10.5. The van der Waals surface area contributed by atoms with Crippen molar-refractivity contribution in [2.45, 2.75) is 0 Å². The number of halogens is 1. The minimum Gasteiger partial charge on any atom is -0.497 e. The molecule has 0 spiro atoms. The minimum atomic E-state index is -0.646. The molecule has 0 saturated carbocycles. The summed E-state index contributed by atoms with van der Waals surface area (Å²) in [6.45, 7) is 0.253. The number of H-pyrrole nitrogens is 1. The van der Waals surface area contributed by atoms with Crippen LogP contribution in [0.15, 0.2) is 54.7 Å². The van der Waals surface area contributed by atoms with Crippen LogP contribution < -0.4 is 20.3 Å². The first kappa shape index (κ1) is 21.3. The molecule has 5 rings (SSSR count). The van der Waals surface area contributed by atoms with Crippen LogP contribution in [0, 0.1) is 5.82 Å². The van der Waals surface area contributed by atoms with Crippen LogP contribution in [0.5, 0.6) is 5.75 Å². The molecule has 2 aliphatic heterocycles. The molecule has 3 N–H and O–H groups in total. The Hall–Kier alpha value is -4.60. The van der Waals surface area contributed by atoms with E-state index in [9.17, 15) is 18.8 Å². The molecule has 0 unspecified atom stereocenters. The normalized spacial score (nSPS) is 16.1. The average molecular weight is 461 g/mol. The number of anilines is 3. The number of aromatic nitrogens is 1. The second-order valence-corrected chi connectivity index (χ2v) is 7.73. The van der Waals surface area contributed by atoms with Gasteiger partial charge in [0.2, 0.25) is 0 Å². The number of nitrogens with zero attached hydrogens (tertiary/aromatic N) is 2. The van der Waals surface area contributed by atoms with Gasteiger partial charge in [-0.25, -0.2) is 18.9 Å². The Labute approximate surface area is 193 Å². The van der Waals surface area contributed by atoms with E-state index in [2.05, 4.69) is 15.6 Å². The van der Waals surface area contributed by atoms with E-state index in [0.717, 1.165) is 10.6 Å². The summed E-state index contributed by atoms with van der Waals surface area (Å²) in [5.74, 6) is -0.537. The van der Waals surface area contributed by atoms with Gasteiger partial charge in [-0.15, -0.1) is 0 Å². The molecule has 10 heteroatoms. The van der Waals surface area contributed by atoms with E-state index in [1.807, 2.05) is 12.1 Å². The van der Waals surface area contributed by atoms with Crippen LogP contribution in [-0.4, -0.2) is 48.1 Å². The largest absolute Gasteiger partial charge is 0.497 e. The molecule has 0 atom stereocenters. The first-order valence-corrected chi connectivity index (χ1v) is 10.5. The van der Waals surface area contributed by atoms with E-state index in [1.54, 1.807) is 36.5 Å². The van der Waals surface area contributed by atoms with Crippen molar-refractivity contribution in [3.05, 3.63) is 71.8 Å². The Bertz CT molecular complexity index is 1340. The second-order valence-electron chi connectivity index (χ2n) is 7.73. The molecule has 2 aromatic carbocycles. The highest BCUT2D eigenvalue weighted by Crippen LogP contribution is 2.35. The fourth-order valence-electron chi connectivity index (χ4n) is 3.98. The van der Waals surface area contributed by atoms with Crippen molar-refractivity contribution in [2.24, 2.45) is 0 Å². The molecular weight excluding hydrogens is 441 g/mol. The van der Waals surface area contributed by atoms with Crippen molar-refractivity contribution in [3.8, 4) is 5.75 Å². The maximum Gasteiger partial charge on any atom is 0.332 e. The van der Waals surface area contributed by atoms with Crippen LogP contribution in [0.1, 0.15) is 11.3 Å². The van der Waals surface area contributed by atoms with Crippen molar-refractivity contribution in [2.75, 3.05) is 35.7 Å². The Morgan fingerprint density at radius 2 is 2.00 bits per heavy atom. The van der Waals surface area contributed by atoms with E-state index in [1.165, 1.54) is 24.1 Å². The maximum atomic E-state index is 14.4. The molecule has 3 aromatic rings. The first-order chi connectivity index (χ1) is 16.4. The van der Waals surface area contributed by atoms with Gasteiger partial charge in [0.25, 0.3) is 5.91 Å². The van der Waals surface area contributed by atoms with E-state index in [4.69, 9.17) is 4.74 Å². The lowest BCUT2D eigenvalue weighted by Gasteiger charge is -2.19. The number of carbonyl (C=O) groups is 3. The zero-order valence-corrected chi connectivity index (χ0v) is 18.1. The van der Waals surface area contributed by atoms with Crippen LogP contribution in [0.3, 0.4) is 0 Å². The molecular formula is C24H20FN5O4. The number of amides is 5. The fraction of sp³-hybridized carbons (Fsp3) is 0.125. The van der Waals surface area contributed by atoms with Gasteiger partial charge in [-0.1, -0.05) is 6.07 Å². The van der Waals surface area contributed by atoms with Crippen LogP contribution in [0.25, 0.3) is 11.6 Å². The van der Waals surface area contributed by atoms with Crippen LogP contribution in [-0.2, 0) is 4.79 Å². The summed E-state index contributed by atoms with van der Waals surface area (Å²) in [5, 5.41) is 5.46. The fourth-order valence-corrected chi connectivity index (χ4v) is 3.98. The lowest BCUT2D eigenvalue weighted by Crippen LogP contribution is -2.39. The van der Waals surface area contributed by atoms with Crippen molar-refractivity contribution in [1.82, 2.24) is 9.88 Å². The van der Waals surface area contributed by atoms with Gasteiger partial charge in [0.05, 0.1) is 30.6 Å². The quantitative estimate of drug-likeness (QED) is 0.508. The van der Waals surface area contributed by atoms with E-state index >= 15 is 0 Å². The van der Waals surface area contributed by atoms with Gasteiger partial charge < -0.3 is 20.4 Å². The number of nitrogens with one attached hydrogen (secondary N) is 3. The maximum absolute atomic E-state index is 14.4. The highest BCUT2D eigenvalue weighted by Gasteiger charge is 2.35. The highest BCUT2D eigenvalue weighted by molar-refractivity contribution is 6.35. The predicted octanol–water partition coefficient (Wildman–Crippen LogP) is 4.13. The van der Waals surface area contributed by atoms with Gasteiger partial charge in [-0.3, -0.25) is 9.69 Å². The average Bonchev–Trinajstić information content (AvgIpc) is 3.54. The molecule has 2 aliphatic rings. The Morgan fingerprint density at radius 1 is 1.15 bits per heavy atom. The number of imide groups is 1. The number of benzene rings is 2. The number of ether oxygens (including phenoxy) is 1. The summed E-state index contributed by atoms with van der Waals surface area (Å²) in [5.41, 5.74) is 3.03. The van der Waals surface area contributed by atoms with Crippen molar-refractivity contribution in [1.29, 1.82) is 0 Å². The lowest BCUT2D eigenvalue weighted by molar-refractivity contribution is -0.110. The van der Waals surface area contributed by atoms with Crippen molar-refractivity contribution in [3.63, 3.8) is 0 Å². The van der Waals surface area contributed by atoms with Gasteiger partial charge in [0, 0.05) is 35.8 Å².